The standard InChI is InChI=1S/C19H22N4O2S2/c1-5-12(4)23-18(25)14(27-19(23)26)10-13-15(20-6-2)21-16-11(3)8-7-9-22(16)17(13)24/h7-10,12,20H,5-6H2,1-4H3. The van der Waals surface area contributed by atoms with Gasteiger partial charge in [-0.25, -0.2) is 4.98 Å². The molecule has 6 nitrogen and oxygen atoms in total. The number of thioether (sulfide) groups is 1. The fraction of sp³-hybridized carbons (Fsp3) is 0.368. The van der Waals surface area contributed by atoms with Crippen LogP contribution in [0.4, 0.5) is 5.82 Å². The summed E-state index contributed by atoms with van der Waals surface area (Å²) in [7, 11) is 0. The SMILES string of the molecule is CCNc1nc2c(C)cccn2c(=O)c1C=C1SC(=S)N(C(C)CC)C1=O. The first-order valence-corrected chi connectivity index (χ1v) is 10.1. The van der Waals surface area contributed by atoms with Crippen LogP contribution in [0.5, 0.6) is 0 Å². The van der Waals surface area contributed by atoms with Crippen molar-refractivity contribution < 1.29 is 4.79 Å². The van der Waals surface area contributed by atoms with Gasteiger partial charge in [0.25, 0.3) is 11.5 Å². The molecule has 1 saturated heterocycles. The van der Waals surface area contributed by atoms with E-state index in [1.807, 2.05) is 39.8 Å². The van der Waals surface area contributed by atoms with Gasteiger partial charge in [-0.3, -0.25) is 18.9 Å². The van der Waals surface area contributed by atoms with Crippen LogP contribution in [-0.2, 0) is 4.79 Å². The number of anilines is 1. The molecule has 1 aliphatic rings. The van der Waals surface area contributed by atoms with Gasteiger partial charge in [0, 0.05) is 18.8 Å². The molecule has 0 spiro atoms. The highest BCUT2D eigenvalue weighted by Crippen LogP contribution is 2.34. The molecule has 142 valence electrons. The molecule has 0 aliphatic carbocycles. The number of amides is 1. The zero-order valence-corrected chi connectivity index (χ0v) is 17.4. The Bertz CT molecular complexity index is 1010. The summed E-state index contributed by atoms with van der Waals surface area (Å²) in [6.07, 6.45) is 4.11. The maximum atomic E-state index is 13.1. The Balaban J connectivity index is 2.17. The van der Waals surface area contributed by atoms with Gasteiger partial charge < -0.3 is 5.32 Å². The lowest BCUT2D eigenvalue weighted by molar-refractivity contribution is -0.123. The van der Waals surface area contributed by atoms with E-state index >= 15 is 0 Å². The highest BCUT2D eigenvalue weighted by atomic mass is 32.2. The molecule has 2 aromatic rings. The van der Waals surface area contributed by atoms with E-state index in [0.717, 1.165) is 12.0 Å². The number of thiocarbonyl (C=S) groups is 1. The van der Waals surface area contributed by atoms with Crippen LogP contribution in [0.25, 0.3) is 11.7 Å². The summed E-state index contributed by atoms with van der Waals surface area (Å²) in [4.78, 5) is 32.6. The molecule has 3 rings (SSSR count). The minimum atomic E-state index is -0.214. The first kappa shape index (κ1) is 19.6. The number of aromatic nitrogens is 2. The van der Waals surface area contributed by atoms with Crippen molar-refractivity contribution in [1.82, 2.24) is 14.3 Å². The van der Waals surface area contributed by atoms with Crippen molar-refractivity contribution in [2.75, 3.05) is 11.9 Å². The quantitative estimate of drug-likeness (QED) is 0.610. The summed E-state index contributed by atoms with van der Waals surface area (Å²) in [5, 5.41) is 3.15. The molecule has 1 fully saturated rings. The second-order valence-corrected chi connectivity index (χ2v) is 8.08. The van der Waals surface area contributed by atoms with Crippen molar-refractivity contribution in [3.63, 3.8) is 0 Å². The van der Waals surface area contributed by atoms with E-state index in [9.17, 15) is 9.59 Å². The number of pyridine rings is 1. The number of aryl methyl sites for hydroxylation is 1. The monoisotopic (exact) mass is 402 g/mol. The number of nitrogens with one attached hydrogen (secondary N) is 1. The third-order valence-corrected chi connectivity index (χ3v) is 5.89. The normalized spacial score (nSPS) is 17.2. The molecule has 1 unspecified atom stereocenters. The molecule has 0 bridgehead atoms. The lowest BCUT2D eigenvalue weighted by Gasteiger charge is -2.21. The van der Waals surface area contributed by atoms with E-state index in [4.69, 9.17) is 12.2 Å². The molecular weight excluding hydrogens is 380 g/mol. The Kier molecular flexibility index (Phi) is 5.67. The average molecular weight is 403 g/mol. The molecule has 0 saturated carbocycles. The van der Waals surface area contributed by atoms with Gasteiger partial charge >= 0.3 is 0 Å². The Morgan fingerprint density at radius 1 is 1.37 bits per heavy atom. The second kappa shape index (κ2) is 7.82. The Morgan fingerprint density at radius 2 is 2.11 bits per heavy atom. The van der Waals surface area contributed by atoms with Crippen LogP contribution in [0.1, 0.15) is 38.3 Å². The minimum Gasteiger partial charge on any atom is -0.370 e. The molecule has 0 aromatic carbocycles. The Labute approximate surface area is 167 Å². The Morgan fingerprint density at radius 3 is 2.78 bits per heavy atom. The lowest BCUT2D eigenvalue weighted by Crippen LogP contribution is -2.36. The van der Waals surface area contributed by atoms with Crippen molar-refractivity contribution in [2.24, 2.45) is 0 Å². The summed E-state index contributed by atoms with van der Waals surface area (Å²) in [6, 6.07) is 3.74. The maximum Gasteiger partial charge on any atom is 0.267 e. The van der Waals surface area contributed by atoms with Gasteiger partial charge in [0.1, 0.15) is 15.8 Å². The van der Waals surface area contributed by atoms with Crippen LogP contribution in [-0.4, -0.2) is 37.1 Å². The van der Waals surface area contributed by atoms with E-state index in [1.54, 1.807) is 17.2 Å². The molecular formula is C19H22N4O2S2. The summed E-state index contributed by atoms with van der Waals surface area (Å²) >= 11 is 6.61. The van der Waals surface area contributed by atoms with Crippen LogP contribution in [0.15, 0.2) is 28.0 Å². The Hall–Kier alpha value is -2.19. The second-order valence-electron chi connectivity index (χ2n) is 6.40. The zero-order chi connectivity index (χ0) is 19.7. The van der Waals surface area contributed by atoms with Crippen LogP contribution >= 0.6 is 24.0 Å². The number of nitrogens with zero attached hydrogens (tertiary/aromatic N) is 3. The predicted molar refractivity (Wildman–Crippen MR) is 115 cm³/mol. The summed E-state index contributed by atoms with van der Waals surface area (Å²) in [5.74, 6) is 0.321. The van der Waals surface area contributed by atoms with E-state index in [-0.39, 0.29) is 17.5 Å². The minimum absolute atomic E-state index is 0.0233. The smallest absolute Gasteiger partial charge is 0.267 e. The lowest BCUT2D eigenvalue weighted by atomic mass is 10.2. The van der Waals surface area contributed by atoms with Gasteiger partial charge in [-0.15, -0.1) is 0 Å². The topological polar surface area (TPSA) is 66.7 Å². The first-order chi connectivity index (χ1) is 12.9. The highest BCUT2D eigenvalue weighted by Gasteiger charge is 2.35. The molecule has 1 aliphatic heterocycles. The zero-order valence-electron chi connectivity index (χ0n) is 15.8. The third-order valence-electron chi connectivity index (χ3n) is 4.56. The van der Waals surface area contributed by atoms with Gasteiger partial charge in [-0.1, -0.05) is 37.0 Å². The number of carbonyl (C=O) groups excluding carboxylic acids is 1. The van der Waals surface area contributed by atoms with Gasteiger partial charge in [0.05, 0.1) is 10.5 Å². The van der Waals surface area contributed by atoms with E-state index < -0.39 is 0 Å². The molecule has 8 heteroatoms. The number of hydrogen-bond donors (Lipinski definition) is 1. The summed E-state index contributed by atoms with van der Waals surface area (Å²) in [5.41, 5.74) is 1.66. The highest BCUT2D eigenvalue weighted by molar-refractivity contribution is 8.26. The van der Waals surface area contributed by atoms with Crippen molar-refractivity contribution in [3.05, 3.63) is 44.7 Å². The fourth-order valence-electron chi connectivity index (χ4n) is 2.92. The largest absolute Gasteiger partial charge is 0.370 e. The third kappa shape index (κ3) is 3.51. The summed E-state index contributed by atoms with van der Waals surface area (Å²) in [6.45, 7) is 8.44. The van der Waals surface area contributed by atoms with E-state index in [2.05, 4.69) is 10.3 Å². The fourth-order valence-corrected chi connectivity index (χ4v) is 4.36. The number of rotatable bonds is 5. The van der Waals surface area contributed by atoms with Crippen LogP contribution in [0.3, 0.4) is 0 Å². The van der Waals surface area contributed by atoms with E-state index in [0.29, 0.717) is 32.8 Å². The molecule has 0 radical (unpaired) electrons. The van der Waals surface area contributed by atoms with Crippen molar-refractivity contribution in [1.29, 1.82) is 0 Å². The van der Waals surface area contributed by atoms with Gasteiger partial charge in [-0.2, -0.15) is 0 Å². The number of carbonyl (C=O) groups is 1. The van der Waals surface area contributed by atoms with Crippen molar-refractivity contribution >= 4 is 51.7 Å². The van der Waals surface area contributed by atoms with E-state index in [1.165, 1.54) is 16.2 Å². The summed E-state index contributed by atoms with van der Waals surface area (Å²) < 4.78 is 2.03. The molecule has 1 atom stereocenters. The predicted octanol–water partition coefficient (Wildman–Crippen LogP) is 3.43. The number of hydrogen-bond acceptors (Lipinski definition) is 6. The van der Waals surface area contributed by atoms with Gasteiger partial charge in [-0.05, 0) is 44.9 Å². The molecule has 1 N–H and O–H groups in total. The van der Waals surface area contributed by atoms with Crippen molar-refractivity contribution in [2.45, 2.75) is 40.2 Å². The van der Waals surface area contributed by atoms with Gasteiger partial charge in [0.2, 0.25) is 0 Å². The molecule has 27 heavy (non-hydrogen) atoms. The first-order valence-electron chi connectivity index (χ1n) is 8.91. The maximum absolute atomic E-state index is 13.1. The number of fused-ring (bicyclic) bond motifs is 1. The average Bonchev–Trinajstić information content (AvgIpc) is 2.92. The van der Waals surface area contributed by atoms with Crippen LogP contribution in [0.2, 0.25) is 0 Å². The van der Waals surface area contributed by atoms with Gasteiger partial charge in [0.15, 0.2) is 0 Å². The molecule has 1 amide bonds. The van der Waals surface area contributed by atoms with Crippen LogP contribution in [0, 0.1) is 6.92 Å². The van der Waals surface area contributed by atoms with Crippen molar-refractivity contribution in [3.8, 4) is 0 Å². The molecule has 2 aromatic heterocycles. The van der Waals surface area contributed by atoms with Crippen LogP contribution < -0.4 is 10.9 Å². The molecule has 3 heterocycles.